The van der Waals surface area contributed by atoms with Crippen molar-refractivity contribution in [2.75, 3.05) is 0 Å². The number of fused-ring (bicyclic) bond motifs is 4. The van der Waals surface area contributed by atoms with Gasteiger partial charge in [-0.1, -0.05) is 19.1 Å². The van der Waals surface area contributed by atoms with Gasteiger partial charge in [-0.05, 0) is 60.4 Å². The number of benzene rings is 2. The first-order chi connectivity index (χ1) is 17.0. The highest BCUT2D eigenvalue weighted by molar-refractivity contribution is 5.85. The lowest BCUT2D eigenvalue weighted by Gasteiger charge is -2.07. The van der Waals surface area contributed by atoms with Gasteiger partial charge in [0.1, 0.15) is 17.2 Å². The first-order valence-electron chi connectivity index (χ1n) is 11.3. The van der Waals surface area contributed by atoms with Crippen LogP contribution in [0.4, 0.5) is 8.78 Å². The number of nitrogens with zero attached hydrogens (tertiary/aromatic N) is 5. The summed E-state index contributed by atoms with van der Waals surface area (Å²) in [6, 6.07) is 12.6. The van der Waals surface area contributed by atoms with Crippen molar-refractivity contribution >= 4 is 27.6 Å². The molecule has 0 aliphatic heterocycles. The molecule has 6 rings (SSSR count). The lowest BCUT2D eigenvalue weighted by Crippen LogP contribution is -2.22. The monoisotopic (exact) mass is 470 g/mol. The summed E-state index contributed by atoms with van der Waals surface area (Å²) < 4.78 is 30.4. The summed E-state index contributed by atoms with van der Waals surface area (Å²) in [5.74, 6) is -0.621. The molecule has 0 saturated carbocycles. The molecule has 0 atom stereocenters. The first kappa shape index (κ1) is 21.2. The zero-order valence-electron chi connectivity index (χ0n) is 18.8. The molecule has 4 aromatic heterocycles. The van der Waals surface area contributed by atoms with Crippen molar-refractivity contribution in [3.8, 4) is 11.1 Å². The fourth-order valence-electron chi connectivity index (χ4n) is 4.56. The van der Waals surface area contributed by atoms with E-state index in [0.29, 0.717) is 30.6 Å². The molecule has 6 aromatic rings. The smallest absolute Gasteiger partial charge is 0.280 e. The van der Waals surface area contributed by atoms with Crippen LogP contribution in [0.5, 0.6) is 0 Å². The molecule has 7 nitrogen and oxygen atoms in total. The standard InChI is InChI=1S/C26H20F2N6O/c1-2-20-23(15-3-5-17(27)6-4-15)25-31-30-24-22(34(25)32-20)10-12-33(26(24)35)11-9-16-14-29-21-8-7-18(28)13-19(16)21/h3-8,10,12-14,29H,2,9,11H2,1H3. The molecule has 1 N–H and O–H groups in total. The van der Waals surface area contributed by atoms with Crippen LogP contribution in [0.25, 0.3) is 38.7 Å². The summed E-state index contributed by atoms with van der Waals surface area (Å²) >= 11 is 0. The Bertz CT molecular complexity index is 1780. The van der Waals surface area contributed by atoms with Crippen molar-refractivity contribution in [1.82, 2.24) is 29.4 Å². The normalized spacial score (nSPS) is 11.7. The van der Waals surface area contributed by atoms with Crippen molar-refractivity contribution in [2.24, 2.45) is 0 Å². The van der Waals surface area contributed by atoms with Gasteiger partial charge in [0, 0.05) is 29.8 Å². The predicted molar refractivity (Wildman–Crippen MR) is 129 cm³/mol. The molecule has 0 bridgehead atoms. The maximum absolute atomic E-state index is 13.7. The van der Waals surface area contributed by atoms with Crippen LogP contribution in [0, 0.1) is 11.6 Å². The van der Waals surface area contributed by atoms with Gasteiger partial charge in [-0.25, -0.2) is 13.3 Å². The molecule has 0 fully saturated rings. The molecule has 0 saturated heterocycles. The van der Waals surface area contributed by atoms with Gasteiger partial charge in [0.25, 0.3) is 5.56 Å². The molecular weight excluding hydrogens is 450 g/mol. The molecule has 0 aliphatic rings. The minimum Gasteiger partial charge on any atom is -0.361 e. The van der Waals surface area contributed by atoms with Crippen LogP contribution in [0.3, 0.4) is 0 Å². The zero-order chi connectivity index (χ0) is 24.1. The third kappa shape index (κ3) is 3.47. The summed E-state index contributed by atoms with van der Waals surface area (Å²) in [5, 5.41) is 14.1. The largest absolute Gasteiger partial charge is 0.361 e. The highest BCUT2D eigenvalue weighted by Gasteiger charge is 2.19. The molecule has 0 spiro atoms. The number of hydrogen-bond donors (Lipinski definition) is 1. The number of hydrogen-bond acceptors (Lipinski definition) is 4. The Morgan fingerprint density at radius 1 is 1.00 bits per heavy atom. The van der Waals surface area contributed by atoms with E-state index in [1.165, 1.54) is 24.3 Å². The van der Waals surface area contributed by atoms with Crippen LogP contribution in [-0.2, 0) is 19.4 Å². The van der Waals surface area contributed by atoms with Gasteiger partial charge < -0.3 is 9.55 Å². The van der Waals surface area contributed by atoms with Gasteiger partial charge in [0.2, 0.25) is 0 Å². The molecular formula is C26H20F2N6O. The molecule has 0 radical (unpaired) electrons. The van der Waals surface area contributed by atoms with Crippen molar-refractivity contribution < 1.29 is 8.78 Å². The predicted octanol–water partition coefficient (Wildman–Crippen LogP) is 4.67. The number of rotatable bonds is 5. The highest BCUT2D eigenvalue weighted by Crippen LogP contribution is 2.29. The van der Waals surface area contributed by atoms with Crippen molar-refractivity contribution in [1.29, 1.82) is 0 Å². The Kier molecular flexibility index (Phi) is 4.91. The average molecular weight is 470 g/mol. The average Bonchev–Trinajstić information content (AvgIpc) is 3.45. The maximum atomic E-state index is 13.7. The van der Waals surface area contributed by atoms with Gasteiger partial charge in [-0.2, -0.15) is 5.10 Å². The Morgan fingerprint density at radius 2 is 1.80 bits per heavy atom. The highest BCUT2D eigenvalue weighted by atomic mass is 19.1. The van der Waals surface area contributed by atoms with Crippen LogP contribution in [0.2, 0.25) is 0 Å². The number of pyridine rings is 1. The summed E-state index contributed by atoms with van der Waals surface area (Å²) in [6.07, 6.45) is 4.74. The van der Waals surface area contributed by atoms with Gasteiger partial charge >= 0.3 is 0 Å². The van der Waals surface area contributed by atoms with Crippen LogP contribution in [0.15, 0.2) is 65.7 Å². The number of aryl methyl sites for hydroxylation is 3. The van der Waals surface area contributed by atoms with E-state index in [1.54, 1.807) is 39.5 Å². The summed E-state index contributed by atoms with van der Waals surface area (Å²) in [7, 11) is 0. The number of nitrogens with one attached hydrogen (secondary N) is 1. The quantitative estimate of drug-likeness (QED) is 0.397. The minimum atomic E-state index is -0.321. The van der Waals surface area contributed by atoms with Gasteiger partial charge in [-0.15, -0.1) is 10.2 Å². The lowest BCUT2D eigenvalue weighted by molar-refractivity contribution is 0.628. The summed E-state index contributed by atoms with van der Waals surface area (Å²) in [5.41, 5.74) is 5.12. The molecule has 2 aromatic carbocycles. The molecule has 35 heavy (non-hydrogen) atoms. The molecule has 0 amide bonds. The third-order valence-corrected chi connectivity index (χ3v) is 6.34. The van der Waals surface area contributed by atoms with Gasteiger partial charge in [0.15, 0.2) is 11.2 Å². The Hall–Kier alpha value is -4.40. The van der Waals surface area contributed by atoms with Crippen LogP contribution >= 0.6 is 0 Å². The maximum Gasteiger partial charge on any atom is 0.280 e. The van der Waals surface area contributed by atoms with Gasteiger partial charge in [0.05, 0.1) is 11.3 Å². The number of H-pyrrole nitrogens is 1. The van der Waals surface area contributed by atoms with E-state index >= 15 is 0 Å². The van der Waals surface area contributed by atoms with Crippen LogP contribution < -0.4 is 5.56 Å². The van der Waals surface area contributed by atoms with E-state index in [4.69, 9.17) is 5.10 Å². The SMILES string of the molecule is CCc1nn2c(nnc3c(=O)n(CCc4c[nH]c5ccc(F)cc45)ccc32)c1-c1ccc(F)cc1. The molecule has 0 unspecified atom stereocenters. The Labute approximate surface area is 197 Å². The summed E-state index contributed by atoms with van der Waals surface area (Å²) in [4.78, 5) is 16.4. The van der Waals surface area contributed by atoms with E-state index in [1.807, 2.05) is 13.1 Å². The van der Waals surface area contributed by atoms with Crippen LogP contribution in [-0.4, -0.2) is 29.4 Å². The van der Waals surface area contributed by atoms with Crippen molar-refractivity contribution in [2.45, 2.75) is 26.3 Å². The van der Waals surface area contributed by atoms with Crippen molar-refractivity contribution in [3.05, 3.63) is 94.2 Å². The Morgan fingerprint density at radius 3 is 2.60 bits per heavy atom. The van der Waals surface area contributed by atoms with Gasteiger partial charge in [-0.3, -0.25) is 4.79 Å². The first-order valence-corrected chi connectivity index (χ1v) is 11.3. The topological polar surface area (TPSA) is 80.9 Å². The molecule has 4 heterocycles. The van der Waals surface area contributed by atoms with E-state index in [2.05, 4.69) is 15.2 Å². The molecule has 9 heteroatoms. The second-order valence-electron chi connectivity index (χ2n) is 8.42. The number of aromatic amines is 1. The third-order valence-electron chi connectivity index (χ3n) is 6.34. The minimum absolute atomic E-state index is 0.209. The van der Waals surface area contributed by atoms with E-state index in [9.17, 15) is 13.6 Å². The van der Waals surface area contributed by atoms with E-state index in [-0.39, 0.29) is 22.7 Å². The van der Waals surface area contributed by atoms with E-state index in [0.717, 1.165) is 33.3 Å². The Balaban J connectivity index is 1.41. The second kappa shape index (κ2) is 8.12. The van der Waals surface area contributed by atoms with Crippen LogP contribution in [0.1, 0.15) is 18.2 Å². The molecule has 174 valence electrons. The van der Waals surface area contributed by atoms with Crippen molar-refractivity contribution in [3.63, 3.8) is 0 Å². The number of halogens is 2. The van der Waals surface area contributed by atoms with E-state index < -0.39 is 0 Å². The summed E-state index contributed by atoms with van der Waals surface area (Å²) in [6.45, 7) is 2.38. The fraction of sp³-hybridized carbons (Fsp3) is 0.154. The fourth-order valence-corrected chi connectivity index (χ4v) is 4.56. The zero-order valence-corrected chi connectivity index (χ0v) is 18.8. The molecule has 0 aliphatic carbocycles. The lowest BCUT2D eigenvalue weighted by atomic mass is 10.0. The number of aromatic nitrogens is 6. The second-order valence-corrected chi connectivity index (χ2v) is 8.42.